The Labute approximate surface area is 111 Å². The molecule has 0 saturated carbocycles. The highest BCUT2D eigenvalue weighted by molar-refractivity contribution is 9.10. The van der Waals surface area contributed by atoms with Crippen LogP contribution in [0.25, 0.3) is 0 Å². The van der Waals surface area contributed by atoms with Gasteiger partial charge in [0.25, 0.3) is 0 Å². The Hall–Kier alpha value is 0.01000. The van der Waals surface area contributed by atoms with Crippen molar-refractivity contribution >= 4 is 46.6 Å². The van der Waals surface area contributed by atoms with Gasteiger partial charge in [0.1, 0.15) is 0 Å². The Morgan fingerprint density at radius 1 is 1.40 bits per heavy atom. The second kappa shape index (κ2) is 8.20. The van der Waals surface area contributed by atoms with Crippen molar-refractivity contribution in [2.24, 2.45) is 10.3 Å². The first kappa shape index (κ1) is 15.0. The van der Waals surface area contributed by atoms with E-state index in [9.17, 15) is 0 Å². The molecular formula is C11H15BrClNS. The van der Waals surface area contributed by atoms with Crippen molar-refractivity contribution in [3.05, 3.63) is 33.3 Å². The van der Waals surface area contributed by atoms with Gasteiger partial charge in [-0.3, -0.25) is 0 Å². The molecule has 1 aromatic carbocycles. The zero-order valence-electron chi connectivity index (χ0n) is 9.04. The van der Waals surface area contributed by atoms with E-state index < -0.39 is 0 Å². The van der Waals surface area contributed by atoms with E-state index in [-0.39, 0.29) is 0 Å². The van der Waals surface area contributed by atoms with Crippen LogP contribution in [0, 0.1) is 5.92 Å². The van der Waals surface area contributed by atoms with Gasteiger partial charge in [-0.1, -0.05) is 54.4 Å². The van der Waals surface area contributed by atoms with Gasteiger partial charge in [-0.05, 0) is 30.9 Å². The number of nitrogens with zero attached hydrogens (tertiary/aromatic N) is 1. The van der Waals surface area contributed by atoms with Crippen LogP contribution in [-0.2, 0) is 0 Å². The van der Waals surface area contributed by atoms with Crippen molar-refractivity contribution in [3.63, 3.8) is 0 Å². The summed E-state index contributed by atoms with van der Waals surface area (Å²) in [6.45, 7) is 6.50. The summed E-state index contributed by atoms with van der Waals surface area (Å²) < 4.78 is 4.52. The summed E-state index contributed by atoms with van der Waals surface area (Å²) in [6, 6.07) is 5.58. The minimum Gasteiger partial charge on any atom is -0.227 e. The standard InChI is InChI=1S/C7H5BrClNS.C4H10/c8-6-2-1-5(4-10-11)7(9)3-6;1-4(2)3/h1-4,11H;4H,1-3H3/b10-4-;. The zero-order chi connectivity index (χ0) is 11.8. The molecule has 1 rings (SSSR count). The van der Waals surface area contributed by atoms with Crippen molar-refractivity contribution in [1.29, 1.82) is 0 Å². The Balaban J connectivity index is 0.000000423. The lowest BCUT2D eigenvalue weighted by molar-refractivity contribution is 0.737. The maximum absolute atomic E-state index is 5.85. The highest BCUT2D eigenvalue weighted by atomic mass is 79.9. The van der Waals surface area contributed by atoms with Crippen LogP contribution in [0.1, 0.15) is 26.3 Å². The first-order valence-corrected chi connectivity index (χ1v) is 6.17. The summed E-state index contributed by atoms with van der Waals surface area (Å²) in [7, 11) is 0. The van der Waals surface area contributed by atoms with Crippen LogP contribution in [0.4, 0.5) is 0 Å². The van der Waals surface area contributed by atoms with Gasteiger partial charge in [-0.2, -0.15) is 0 Å². The largest absolute Gasteiger partial charge is 0.227 e. The normalized spacial score (nSPS) is 10.3. The van der Waals surface area contributed by atoms with Crippen LogP contribution in [0.2, 0.25) is 5.02 Å². The summed E-state index contributed by atoms with van der Waals surface area (Å²) in [5, 5.41) is 0.664. The summed E-state index contributed by atoms with van der Waals surface area (Å²) in [4.78, 5) is 0. The van der Waals surface area contributed by atoms with Crippen LogP contribution in [0.3, 0.4) is 0 Å². The van der Waals surface area contributed by atoms with Crippen LogP contribution >= 0.6 is 40.3 Å². The fourth-order valence-electron chi connectivity index (χ4n) is 0.668. The van der Waals surface area contributed by atoms with Crippen molar-refractivity contribution in [1.82, 2.24) is 0 Å². The predicted octanol–water partition coefficient (Wildman–Crippen LogP) is 5.03. The first-order chi connectivity index (χ1) is 6.97. The maximum Gasteiger partial charge on any atom is 0.0505 e. The van der Waals surface area contributed by atoms with E-state index in [0.29, 0.717) is 5.02 Å². The Morgan fingerprint density at radius 3 is 2.33 bits per heavy atom. The smallest absolute Gasteiger partial charge is 0.0505 e. The molecule has 0 aliphatic rings. The topological polar surface area (TPSA) is 12.4 Å². The average molecular weight is 309 g/mol. The van der Waals surface area contributed by atoms with Crippen LogP contribution in [0.5, 0.6) is 0 Å². The number of rotatable bonds is 1. The molecule has 0 saturated heterocycles. The van der Waals surface area contributed by atoms with Gasteiger partial charge in [-0.15, -0.1) is 0 Å². The summed E-state index contributed by atoms with van der Waals surface area (Å²) in [5.74, 6) is 0.833. The fourth-order valence-corrected chi connectivity index (χ4v) is 1.52. The quantitative estimate of drug-likeness (QED) is 0.552. The number of hydrogen-bond acceptors (Lipinski definition) is 2. The minimum atomic E-state index is 0.664. The van der Waals surface area contributed by atoms with Crippen molar-refractivity contribution in [2.45, 2.75) is 20.8 Å². The van der Waals surface area contributed by atoms with Gasteiger partial charge in [0, 0.05) is 16.3 Å². The summed E-state index contributed by atoms with van der Waals surface area (Å²) in [6.07, 6.45) is 1.60. The van der Waals surface area contributed by atoms with E-state index in [4.69, 9.17) is 11.6 Å². The molecule has 0 N–H and O–H groups in total. The Kier molecular flexibility index (Phi) is 8.20. The number of hydrogen-bond donors (Lipinski definition) is 1. The molecule has 0 spiro atoms. The molecule has 4 heteroatoms. The monoisotopic (exact) mass is 307 g/mol. The lowest BCUT2D eigenvalue weighted by Crippen LogP contribution is -1.80. The van der Waals surface area contributed by atoms with Crippen LogP contribution < -0.4 is 0 Å². The van der Waals surface area contributed by atoms with Crippen LogP contribution in [-0.4, -0.2) is 6.21 Å². The number of halogens is 2. The molecule has 15 heavy (non-hydrogen) atoms. The Bertz CT molecular complexity index is 324. The number of thiol groups is 1. The first-order valence-electron chi connectivity index (χ1n) is 4.59. The van der Waals surface area contributed by atoms with E-state index in [1.165, 1.54) is 0 Å². The van der Waals surface area contributed by atoms with E-state index in [1.807, 2.05) is 18.2 Å². The molecule has 0 amide bonds. The zero-order valence-corrected chi connectivity index (χ0v) is 12.3. The lowest BCUT2D eigenvalue weighted by Gasteiger charge is -1.96. The predicted molar refractivity (Wildman–Crippen MR) is 76.2 cm³/mol. The second-order valence-corrected chi connectivity index (χ2v) is 5.20. The molecule has 0 aromatic heterocycles. The van der Waals surface area contributed by atoms with E-state index in [2.05, 4.69) is 53.9 Å². The molecule has 1 nitrogen and oxygen atoms in total. The van der Waals surface area contributed by atoms with E-state index >= 15 is 0 Å². The summed E-state index contributed by atoms with van der Waals surface area (Å²) >= 11 is 12.9. The average Bonchev–Trinajstić information content (AvgIpc) is 2.09. The highest BCUT2D eigenvalue weighted by Crippen LogP contribution is 2.19. The summed E-state index contributed by atoms with van der Waals surface area (Å²) in [5.41, 5.74) is 0.866. The van der Waals surface area contributed by atoms with E-state index in [1.54, 1.807) is 6.21 Å². The lowest BCUT2D eigenvalue weighted by atomic mass is 10.2. The molecule has 0 atom stereocenters. The number of benzene rings is 1. The van der Waals surface area contributed by atoms with Gasteiger partial charge in [0.05, 0.1) is 5.02 Å². The highest BCUT2D eigenvalue weighted by Gasteiger charge is 1.96. The molecule has 0 heterocycles. The minimum absolute atomic E-state index is 0.664. The van der Waals surface area contributed by atoms with Gasteiger partial charge in [0.15, 0.2) is 0 Å². The molecule has 84 valence electrons. The van der Waals surface area contributed by atoms with Crippen molar-refractivity contribution in [3.8, 4) is 0 Å². The SMILES string of the molecule is CC(C)C.S/N=C\c1ccc(Br)cc1Cl. The van der Waals surface area contributed by atoms with Crippen molar-refractivity contribution < 1.29 is 0 Å². The molecule has 0 fully saturated rings. The van der Waals surface area contributed by atoms with Gasteiger partial charge < -0.3 is 0 Å². The van der Waals surface area contributed by atoms with E-state index in [0.717, 1.165) is 16.0 Å². The van der Waals surface area contributed by atoms with Gasteiger partial charge in [0.2, 0.25) is 0 Å². The Morgan fingerprint density at radius 2 is 1.93 bits per heavy atom. The third kappa shape index (κ3) is 7.88. The third-order valence-corrected chi connectivity index (χ3v) is 2.10. The second-order valence-electron chi connectivity index (χ2n) is 3.64. The van der Waals surface area contributed by atoms with Crippen molar-refractivity contribution in [2.75, 3.05) is 0 Å². The molecule has 0 aliphatic heterocycles. The van der Waals surface area contributed by atoms with Gasteiger partial charge >= 0.3 is 0 Å². The molecule has 0 aliphatic carbocycles. The molecule has 0 unspecified atom stereocenters. The van der Waals surface area contributed by atoms with Crippen LogP contribution in [0.15, 0.2) is 27.1 Å². The molecule has 1 aromatic rings. The molecule has 0 bridgehead atoms. The fraction of sp³-hybridized carbons (Fsp3) is 0.364. The van der Waals surface area contributed by atoms with Gasteiger partial charge in [-0.25, -0.2) is 4.40 Å². The third-order valence-electron chi connectivity index (χ3n) is 1.16. The molecule has 0 radical (unpaired) electrons. The molecular weight excluding hydrogens is 294 g/mol. The maximum atomic E-state index is 5.85.